The van der Waals surface area contributed by atoms with E-state index >= 15 is 0 Å². The zero-order chi connectivity index (χ0) is 16.9. The highest BCUT2D eigenvalue weighted by Gasteiger charge is 2.15. The van der Waals surface area contributed by atoms with Crippen LogP contribution < -0.4 is 0 Å². The minimum absolute atomic E-state index is 0.233. The fourth-order valence-corrected chi connectivity index (χ4v) is 3.40. The van der Waals surface area contributed by atoms with Crippen molar-refractivity contribution in [2.75, 3.05) is 0 Å². The van der Waals surface area contributed by atoms with E-state index in [1.165, 1.54) is 49.0 Å². The third-order valence-electron chi connectivity index (χ3n) is 4.81. The number of halogens is 2. The Morgan fingerprint density at radius 2 is 1.71 bits per heavy atom. The van der Waals surface area contributed by atoms with Crippen molar-refractivity contribution >= 4 is 6.08 Å². The number of rotatable bonds is 6. The maximum Gasteiger partial charge on any atom is 0.131 e. The summed E-state index contributed by atoms with van der Waals surface area (Å²) in [5.74, 6) is -0.531. The van der Waals surface area contributed by atoms with Crippen molar-refractivity contribution in [3.63, 3.8) is 0 Å². The van der Waals surface area contributed by atoms with Crippen LogP contribution in [-0.4, -0.2) is 0 Å². The first kappa shape index (κ1) is 16.9. The van der Waals surface area contributed by atoms with Gasteiger partial charge in [0.2, 0.25) is 0 Å². The number of hydrogen-bond acceptors (Lipinski definition) is 0. The molecule has 0 heterocycles. The lowest BCUT2D eigenvalue weighted by molar-refractivity contribution is 0.624. The highest BCUT2D eigenvalue weighted by atomic mass is 19.1. The summed E-state index contributed by atoms with van der Waals surface area (Å²) in [5, 5.41) is 0. The smallest absolute Gasteiger partial charge is 0.131 e. The molecule has 0 amide bonds. The van der Waals surface area contributed by atoms with E-state index in [2.05, 4.69) is 13.0 Å². The van der Waals surface area contributed by atoms with Crippen molar-refractivity contribution in [2.45, 2.75) is 51.9 Å². The number of aryl methyl sites for hydroxylation is 1. The van der Waals surface area contributed by atoms with Gasteiger partial charge in [-0.15, -0.1) is 0 Å². The second kappa shape index (κ2) is 7.74. The Hall–Kier alpha value is -1.96. The van der Waals surface area contributed by atoms with Gasteiger partial charge in [-0.25, -0.2) is 8.78 Å². The van der Waals surface area contributed by atoms with Gasteiger partial charge in [0.1, 0.15) is 11.6 Å². The number of fused-ring (bicyclic) bond motifs is 1. The second-order valence-electron chi connectivity index (χ2n) is 6.65. The third-order valence-corrected chi connectivity index (χ3v) is 4.81. The molecule has 3 rings (SSSR count). The Morgan fingerprint density at radius 3 is 2.46 bits per heavy atom. The Kier molecular flexibility index (Phi) is 5.44. The lowest BCUT2D eigenvalue weighted by atomic mass is 9.87. The largest absolute Gasteiger partial charge is 0.207 e. The molecule has 0 aliphatic heterocycles. The number of benzene rings is 2. The quantitative estimate of drug-likeness (QED) is 0.505. The molecule has 0 unspecified atom stereocenters. The first-order chi connectivity index (χ1) is 11.7. The van der Waals surface area contributed by atoms with Crippen molar-refractivity contribution in [1.29, 1.82) is 0 Å². The summed E-state index contributed by atoms with van der Waals surface area (Å²) >= 11 is 0. The van der Waals surface area contributed by atoms with Crippen molar-refractivity contribution in [3.8, 4) is 11.1 Å². The maximum absolute atomic E-state index is 14.5. The van der Waals surface area contributed by atoms with E-state index in [1.807, 2.05) is 6.07 Å². The fourth-order valence-electron chi connectivity index (χ4n) is 3.40. The molecule has 2 aromatic rings. The zero-order valence-corrected chi connectivity index (χ0v) is 14.2. The van der Waals surface area contributed by atoms with Crippen LogP contribution in [0.25, 0.3) is 17.2 Å². The molecule has 0 fully saturated rings. The van der Waals surface area contributed by atoms with Crippen LogP contribution in [-0.2, 0) is 6.42 Å². The predicted molar refractivity (Wildman–Crippen MR) is 96.9 cm³/mol. The normalized spacial score (nSPS) is 13.5. The van der Waals surface area contributed by atoms with Gasteiger partial charge in [0.25, 0.3) is 0 Å². The van der Waals surface area contributed by atoms with Crippen LogP contribution in [0.3, 0.4) is 0 Å². The summed E-state index contributed by atoms with van der Waals surface area (Å²) in [4.78, 5) is 0. The number of hydrogen-bond donors (Lipinski definition) is 0. The van der Waals surface area contributed by atoms with Crippen LogP contribution in [0.5, 0.6) is 0 Å². The van der Waals surface area contributed by atoms with Gasteiger partial charge in [-0.1, -0.05) is 50.0 Å². The van der Waals surface area contributed by atoms with Gasteiger partial charge in [-0.05, 0) is 66.6 Å². The van der Waals surface area contributed by atoms with Gasteiger partial charge in [0.05, 0.1) is 0 Å². The van der Waals surface area contributed by atoms with Crippen molar-refractivity contribution < 1.29 is 8.78 Å². The van der Waals surface area contributed by atoms with Gasteiger partial charge in [0.15, 0.2) is 0 Å². The molecule has 1 aliphatic rings. The highest BCUT2D eigenvalue weighted by molar-refractivity contribution is 5.70. The molecule has 0 saturated carbocycles. The topological polar surface area (TPSA) is 0 Å². The van der Waals surface area contributed by atoms with Crippen LogP contribution in [0.15, 0.2) is 42.0 Å². The van der Waals surface area contributed by atoms with E-state index in [1.54, 1.807) is 18.2 Å². The molecule has 0 N–H and O–H groups in total. The summed E-state index contributed by atoms with van der Waals surface area (Å²) < 4.78 is 27.6. The van der Waals surface area contributed by atoms with Gasteiger partial charge >= 0.3 is 0 Å². The molecule has 0 aromatic heterocycles. The highest BCUT2D eigenvalue weighted by Crippen LogP contribution is 2.32. The predicted octanol–water partition coefficient (Wildman–Crippen LogP) is 6.93. The second-order valence-corrected chi connectivity index (χ2v) is 6.65. The minimum Gasteiger partial charge on any atom is -0.207 e. The van der Waals surface area contributed by atoms with E-state index in [-0.39, 0.29) is 11.6 Å². The molecular weight excluding hydrogens is 302 g/mol. The monoisotopic (exact) mass is 326 g/mol. The Labute approximate surface area is 143 Å². The van der Waals surface area contributed by atoms with Gasteiger partial charge in [0, 0.05) is 5.56 Å². The van der Waals surface area contributed by atoms with E-state index in [4.69, 9.17) is 0 Å². The van der Waals surface area contributed by atoms with Crippen LogP contribution in [0.4, 0.5) is 8.78 Å². The summed E-state index contributed by atoms with van der Waals surface area (Å²) in [6.45, 7) is 2.22. The van der Waals surface area contributed by atoms with Gasteiger partial charge in [-0.3, -0.25) is 0 Å². The van der Waals surface area contributed by atoms with E-state index in [0.29, 0.717) is 5.56 Å². The molecule has 0 saturated heterocycles. The van der Waals surface area contributed by atoms with Crippen LogP contribution in [0, 0.1) is 11.6 Å². The van der Waals surface area contributed by atoms with E-state index in [0.717, 1.165) is 30.4 Å². The molecule has 0 radical (unpaired) electrons. The van der Waals surface area contributed by atoms with Crippen LogP contribution >= 0.6 is 0 Å². The molecule has 2 heteroatoms. The standard InChI is InChI=1S/C22H24F2/c1-2-3-4-5-6-16-7-8-18-14-21(22(24)15-19(18)13-16)17-9-11-20(23)12-10-17/h9-15H,2-8H2,1H3. The summed E-state index contributed by atoms with van der Waals surface area (Å²) in [6.07, 6.45) is 10.4. The third kappa shape index (κ3) is 3.92. The van der Waals surface area contributed by atoms with Crippen molar-refractivity contribution in [3.05, 3.63) is 64.7 Å². The van der Waals surface area contributed by atoms with Crippen LogP contribution in [0.2, 0.25) is 0 Å². The zero-order valence-electron chi connectivity index (χ0n) is 14.2. The minimum atomic E-state index is -0.298. The van der Waals surface area contributed by atoms with Gasteiger partial charge < -0.3 is 0 Å². The van der Waals surface area contributed by atoms with Crippen molar-refractivity contribution in [1.82, 2.24) is 0 Å². The summed E-state index contributed by atoms with van der Waals surface area (Å²) in [7, 11) is 0. The molecule has 126 valence electrons. The molecule has 1 aliphatic carbocycles. The first-order valence-electron chi connectivity index (χ1n) is 8.95. The van der Waals surface area contributed by atoms with Gasteiger partial charge in [-0.2, -0.15) is 0 Å². The maximum atomic E-state index is 14.5. The lowest BCUT2D eigenvalue weighted by Crippen LogP contribution is -2.02. The van der Waals surface area contributed by atoms with Crippen molar-refractivity contribution in [2.24, 2.45) is 0 Å². The van der Waals surface area contributed by atoms with Crippen LogP contribution in [0.1, 0.15) is 56.6 Å². The van der Waals surface area contributed by atoms with E-state index < -0.39 is 0 Å². The molecule has 0 spiro atoms. The number of unbranched alkanes of at least 4 members (excludes halogenated alkanes) is 3. The molecular formula is C22H24F2. The summed E-state index contributed by atoms with van der Waals surface area (Å²) in [6, 6.07) is 9.60. The average molecular weight is 326 g/mol. The average Bonchev–Trinajstić information content (AvgIpc) is 2.59. The first-order valence-corrected chi connectivity index (χ1v) is 8.95. The molecule has 2 aromatic carbocycles. The Bertz CT molecular complexity index is 726. The summed E-state index contributed by atoms with van der Waals surface area (Å²) in [5.41, 5.74) is 4.93. The Balaban J connectivity index is 1.80. The Morgan fingerprint density at radius 1 is 0.917 bits per heavy atom. The lowest BCUT2D eigenvalue weighted by Gasteiger charge is -2.18. The number of allylic oxidation sites excluding steroid dienone is 1. The fraction of sp³-hybridized carbons (Fsp3) is 0.364. The SMILES string of the molecule is CCCCCCC1=Cc2cc(F)c(-c3ccc(F)cc3)cc2CC1. The molecule has 0 atom stereocenters. The van der Waals surface area contributed by atoms with E-state index in [9.17, 15) is 8.78 Å². The molecule has 0 bridgehead atoms. The molecule has 0 nitrogen and oxygen atoms in total. The molecule has 24 heavy (non-hydrogen) atoms.